The van der Waals surface area contributed by atoms with Gasteiger partial charge in [-0.3, -0.25) is 9.25 Å². The molecule has 1 amide bonds. The molecule has 0 atom stereocenters. The van der Waals surface area contributed by atoms with Gasteiger partial charge in [-0.05, 0) is 42.1 Å². The summed E-state index contributed by atoms with van der Waals surface area (Å²) in [5.74, 6) is 1.25. The van der Waals surface area contributed by atoms with Gasteiger partial charge in [0.25, 0.3) is 0 Å². The van der Waals surface area contributed by atoms with Gasteiger partial charge in [0.05, 0.1) is 40.2 Å². The van der Waals surface area contributed by atoms with Crippen LogP contribution in [0, 0.1) is 0 Å². The number of halogens is 2. The number of amides is 1. The van der Waals surface area contributed by atoms with Gasteiger partial charge in [-0.2, -0.15) is 15.1 Å². The second kappa shape index (κ2) is 19.3. The minimum Gasteiger partial charge on any atom is -0.445 e. The van der Waals surface area contributed by atoms with Crippen molar-refractivity contribution in [3.05, 3.63) is 82.9 Å². The average molecular weight is 761 g/mol. The normalized spacial score (nSPS) is 11.4. The monoisotopic (exact) mass is 759 g/mol. The van der Waals surface area contributed by atoms with Gasteiger partial charge in [0, 0.05) is 26.3 Å². The fourth-order valence-corrected chi connectivity index (χ4v) is 6.61. The predicted molar refractivity (Wildman–Crippen MR) is 211 cm³/mol. The Hall–Kier alpha value is -4.88. The Balaban J connectivity index is 0.821. The minimum absolute atomic E-state index is 0.114. The molecule has 0 spiro atoms. The standard InChI is InChI=1S/C38H47Cl2N11O2/c1-50-24-28(22-45-50)51-26-44-34-35(48-37(40)49-36(34)51)43-23-33-46-31-20-29(39)30(21-32(31)47-33)41-18-14-9-7-5-3-2-4-6-8-10-15-19-42-38(52)53-25-27-16-12-11-13-17-27/h11-13,16-17,20-22,24,26,41H,2-10,14-15,18-19,23,25H2,1H3,(H,42,52)(H,46,47)(H,43,48,49). The number of carbonyl (C=O) groups excluding carboxylic acids is 1. The lowest BCUT2D eigenvalue weighted by atomic mass is 10.1. The number of hydrogen-bond donors (Lipinski definition) is 4. The van der Waals surface area contributed by atoms with Crippen LogP contribution in [0.1, 0.15) is 82.0 Å². The molecule has 4 heterocycles. The van der Waals surface area contributed by atoms with Crippen molar-refractivity contribution in [1.29, 1.82) is 0 Å². The third-order valence-electron chi connectivity index (χ3n) is 9.03. The van der Waals surface area contributed by atoms with Crippen molar-refractivity contribution in [2.45, 2.75) is 83.8 Å². The number of nitrogens with zero attached hydrogens (tertiary/aromatic N) is 7. The molecule has 4 aromatic heterocycles. The number of H-pyrrole nitrogens is 1. The molecule has 15 heteroatoms. The summed E-state index contributed by atoms with van der Waals surface area (Å²) in [4.78, 5) is 33.2. The largest absolute Gasteiger partial charge is 0.445 e. The number of benzene rings is 2. The van der Waals surface area contributed by atoms with E-state index in [0.29, 0.717) is 41.7 Å². The first-order valence-electron chi connectivity index (χ1n) is 18.4. The zero-order valence-corrected chi connectivity index (χ0v) is 31.6. The van der Waals surface area contributed by atoms with Crippen molar-refractivity contribution < 1.29 is 9.53 Å². The number of ether oxygens (including phenoxy) is 1. The van der Waals surface area contributed by atoms with Crippen LogP contribution in [0.25, 0.3) is 27.9 Å². The molecule has 0 aliphatic carbocycles. The molecule has 4 N–H and O–H groups in total. The molecule has 0 unspecified atom stereocenters. The van der Waals surface area contributed by atoms with Crippen LogP contribution in [0.4, 0.5) is 16.3 Å². The van der Waals surface area contributed by atoms with E-state index in [1.807, 2.05) is 60.3 Å². The van der Waals surface area contributed by atoms with E-state index in [0.717, 1.165) is 59.6 Å². The number of aromatic amines is 1. The van der Waals surface area contributed by atoms with E-state index < -0.39 is 0 Å². The molecular weight excluding hydrogens is 713 g/mol. The average Bonchev–Trinajstić information content (AvgIpc) is 3.89. The zero-order chi connectivity index (χ0) is 36.8. The molecule has 0 fully saturated rings. The van der Waals surface area contributed by atoms with Crippen molar-refractivity contribution in [2.75, 3.05) is 23.7 Å². The van der Waals surface area contributed by atoms with Crippen LogP contribution in [0.5, 0.6) is 0 Å². The van der Waals surface area contributed by atoms with Gasteiger partial charge in [0.2, 0.25) is 5.28 Å². The van der Waals surface area contributed by atoms with Crippen molar-refractivity contribution in [3.8, 4) is 5.69 Å². The highest BCUT2D eigenvalue weighted by atomic mass is 35.5. The highest BCUT2D eigenvalue weighted by Gasteiger charge is 2.16. The summed E-state index contributed by atoms with van der Waals surface area (Å²) in [7, 11) is 1.85. The molecule has 6 rings (SSSR count). The van der Waals surface area contributed by atoms with E-state index in [1.165, 1.54) is 51.4 Å². The minimum atomic E-state index is -0.343. The number of carbonyl (C=O) groups is 1. The molecule has 0 saturated carbocycles. The number of aryl methyl sites for hydroxylation is 1. The molecule has 280 valence electrons. The third-order valence-corrected chi connectivity index (χ3v) is 9.51. The van der Waals surface area contributed by atoms with Crippen molar-refractivity contribution in [2.24, 2.45) is 7.05 Å². The van der Waals surface area contributed by atoms with Gasteiger partial charge >= 0.3 is 6.09 Å². The number of aromatic nitrogens is 8. The van der Waals surface area contributed by atoms with Gasteiger partial charge in [-0.15, -0.1) is 0 Å². The summed E-state index contributed by atoms with van der Waals surface area (Å²) in [6.45, 7) is 2.22. The second-order valence-corrected chi connectivity index (χ2v) is 13.9. The Morgan fingerprint density at radius 2 is 1.58 bits per heavy atom. The molecule has 13 nitrogen and oxygen atoms in total. The summed E-state index contributed by atoms with van der Waals surface area (Å²) in [6.07, 6.45) is 18.2. The highest BCUT2D eigenvalue weighted by molar-refractivity contribution is 6.34. The van der Waals surface area contributed by atoms with Crippen LogP contribution in [0.3, 0.4) is 0 Å². The molecule has 53 heavy (non-hydrogen) atoms. The lowest BCUT2D eigenvalue weighted by Gasteiger charge is -2.08. The maximum absolute atomic E-state index is 11.8. The Labute approximate surface area is 319 Å². The van der Waals surface area contributed by atoms with Gasteiger partial charge in [0.15, 0.2) is 17.0 Å². The van der Waals surface area contributed by atoms with E-state index in [-0.39, 0.29) is 11.4 Å². The Morgan fingerprint density at radius 1 is 0.868 bits per heavy atom. The van der Waals surface area contributed by atoms with Gasteiger partial charge < -0.3 is 25.7 Å². The first-order valence-corrected chi connectivity index (χ1v) is 19.2. The lowest BCUT2D eigenvalue weighted by molar-refractivity contribution is 0.139. The van der Waals surface area contributed by atoms with E-state index >= 15 is 0 Å². The van der Waals surface area contributed by atoms with Crippen molar-refractivity contribution in [1.82, 2.24) is 44.6 Å². The lowest BCUT2D eigenvalue weighted by Crippen LogP contribution is -2.25. The number of rotatable bonds is 21. The molecule has 2 aromatic carbocycles. The summed E-state index contributed by atoms with van der Waals surface area (Å²) >= 11 is 12.9. The molecule has 0 radical (unpaired) electrons. The number of fused-ring (bicyclic) bond motifs is 2. The summed E-state index contributed by atoms with van der Waals surface area (Å²) in [6, 6.07) is 13.6. The first kappa shape index (κ1) is 37.9. The molecule has 0 saturated heterocycles. The van der Waals surface area contributed by atoms with Crippen LogP contribution in [0.15, 0.2) is 61.2 Å². The number of alkyl carbamates (subject to hydrolysis) is 1. The molecule has 0 aliphatic heterocycles. The van der Waals surface area contributed by atoms with Gasteiger partial charge in [-0.1, -0.05) is 99.7 Å². The van der Waals surface area contributed by atoms with E-state index in [2.05, 4.69) is 41.0 Å². The fraction of sp³-hybridized carbons (Fsp3) is 0.421. The molecule has 0 aliphatic rings. The number of unbranched alkanes of at least 4 members (excludes halogenated alkanes) is 10. The summed E-state index contributed by atoms with van der Waals surface area (Å²) < 4.78 is 8.78. The Kier molecular flexibility index (Phi) is 13.8. The molecular formula is C38H47Cl2N11O2. The maximum Gasteiger partial charge on any atom is 0.407 e. The summed E-state index contributed by atoms with van der Waals surface area (Å²) in [5.41, 5.74) is 5.58. The van der Waals surface area contributed by atoms with Gasteiger partial charge in [-0.25, -0.2) is 14.8 Å². The topological polar surface area (TPSA) is 152 Å². The SMILES string of the molecule is Cn1cc(-n2cnc3c(NCc4nc5cc(Cl)c(NCCCCCCCCCCCCCNC(=O)OCc6ccccc6)cc5[nH]4)nc(Cl)nc32)cn1. The predicted octanol–water partition coefficient (Wildman–Crippen LogP) is 8.97. The quantitative estimate of drug-likeness (QED) is 0.0416. The Morgan fingerprint density at radius 3 is 2.30 bits per heavy atom. The Bertz CT molecular complexity index is 2060. The van der Waals surface area contributed by atoms with Gasteiger partial charge in [0.1, 0.15) is 18.8 Å². The number of anilines is 2. The summed E-state index contributed by atoms with van der Waals surface area (Å²) in [5, 5.41) is 14.6. The number of imidazole rings is 2. The van der Waals surface area contributed by atoms with E-state index in [1.54, 1.807) is 17.2 Å². The first-order chi connectivity index (χ1) is 25.9. The van der Waals surface area contributed by atoms with Crippen LogP contribution in [-0.4, -0.2) is 58.5 Å². The van der Waals surface area contributed by atoms with Crippen LogP contribution < -0.4 is 16.0 Å². The fourth-order valence-electron chi connectivity index (χ4n) is 6.22. The van der Waals surface area contributed by atoms with E-state index in [4.69, 9.17) is 32.9 Å². The van der Waals surface area contributed by atoms with E-state index in [9.17, 15) is 4.79 Å². The van der Waals surface area contributed by atoms with Crippen molar-refractivity contribution >= 4 is 63.0 Å². The van der Waals surface area contributed by atoms with Crippen molar-refractivity contribution in [3.63, 3.8) is 0 Å². The number of nitrogens with one attached hydrogen (secondary N) is 4. The molecule has 6 aromatic rings. The third kappa shape index (κ3) is 11.1. The zero-order valence-electron chi connectivity index (χ0n) is 30.1. The van der Waals surface area contributed by atoms with Crippen LogP contribution in [0.2, 0.25) is 10.3 Å². The van der Waals surface area contributed by atoms with Crippen LogP contribution >= 0.6 is 23.2 Å². The second-order valence-electron chi connectivity index (χ2n) is 13.2. The maximum atomic E-state index is 11.8. The smallest absolute Gasteiger partial charge is 0.407 e. The highest BCUT2D eigenvalue weighted by Crippen LogP contribution is 2.28. The molecule has 0 bridgehead atoms. The van der Waals surface area contributed by atoms with Crippen LogP contribution in [-0.2, 0) is 24.9 Å². The number of hydrogen-bond acceptors (Lipinski definition) is 9.